The number of rotatable bonds is 2. The van der Waals surface area contributed by atoms with Crippen LogP contribution >= 0.6 is 23.3 Å². The summed E-state index contributed by atoms with van der Waals surface area (Å²) in [5.41, 5.74) is 0. The lowest BCUT2D eigenvalue weighted by Gasteiger charge is -1.94. The molecule has 0 unspecified atom stereocenters. The molecular weight excluding hydrogens is 176 g/mol. The van der Waals surface area contributed by atoms with E-state index >= 15 is 0 Å². The third-order valence-corrected chi connectivity index (χ3v) is 3.09. The van der Waals surface area contributed by atoms with Crippen molar-refractivity contribution in [1.82, 2.24) is 8.96 Å². The van der Waals surface area contributed by atoms with Gasteiger partial charge in [0.2, 0.25) is 0 Å². The lowest BCUT2D eigenvalue weighted by atomic mass is 10.7. The lowest BCUT2D eigenvalue weighted by Crippen LogP contribution is -1.76. The van der Waals surface area contributed by atoms with Crippen molar-refractivity contribution in [2.45, 2.75) is 4.21 Å². The molecule has 0 fully saturated rings. The Bertz CT molecular complexity index is 267. The average molecular weight is 182 g/mol. The normalized spacial score (nSPS) is 10.2. The van der Waals surface area contributed by atoms with Crippen molar-refractivity contribution >= 4 is 23.3 Å². The second-order valence-corrected chi connectivity index (χ2v) is 4.20. The van der Waals surface area contributed by atoms with Gasteiger partial charge in [0, 0.05) is 24.3 Å². The molecule has 0 aliphatic rings. The highest BCUT2D eigenvalue weighted by atomic mass is 32.2. The van der Waals surface area contributed by atoms with Crippen LogP contribution in [-0.4, -0.2) is 8.96 Å². The number of imidazole rings is 1. The highest BCUT2D eigenvalue weighted by Gasteiger charge is 1.94. The second kappa shape index (κ2) is 3.11. The number of hydrogen-bond donors (Lipinski definition) is 0. The number of thiophene rings is 1. The van der Waals surface area contributed by atoms with E-state index < -0.39 is 0 Å². The van der Waals surface area contributed by atoms with Crippen LogP contribution in [0.4, 0.5) is 0 Å². The Hall–Kier alpha value is -0.740. The summed E-state index contributed by atoms with van der Waals surface area (Å²) in [7, 11) is 0. The molecule has 0 saturated carbocycles. The monoisotopic (exact) mass is 182 g/mol. The average Bonchev–Trinajstić information content (AvgIpc) is 2.60. The first-order valence-corrected chi connectivity index (χ1v) is 4.80. The summed E-state index contributed by atoms with van der Waals surface area (Å²) in [6.07, 6.45) is 5.51. The third-order valence-electron chi connectivity index (χ3n) is 1.17. The van der Waals surface area contributed by atoms with Crippen LogP contribution in [0.5, 0.6) is 0 Å². The maximum Gasteiger partial charge on any atom is 0.105 e. The van der Waals surface area contributed by atoms with Gasteiger partial charge in [-0.2, -0.15) is 0 Å². The number of aromatic nitrogens is 2. The van der Waals surface area contributed by atoms with Crippen LogP contribution in [0.15, 0.2) is 40.4 Å². The molecule has 0 bridgehead atoms. The van der Waals surface area contributed by atoms with Crippen molar-refractivity contribution in [2.75, 3.05) is 0 Å². The molecule has 0 atom stereocenters. The van der Waals surface area contributed by atoms with Crippen LogP contribution in [0.2, 0.25) is 0 Å². The van der Waals surface area contributed by atoms with E-state index in [0.717, 1.165) is 0 Å². The molecular formula is C7H6N2S2. The Morgan fingerprint density at radius 2 is 2.55 bits per heavy atom. The van der Waals surface area contributed by atoms with Gasteiger partial charge >= 0.3 is 0 Å². The smallest absolute Gasteiger partial charge is 0.105 e. The van der Waals surface area contributed by atoms with E-state index in [1.807, 2.05) is 16.2 Å². The highest BCUT2D eigenvalue weighted by Crippen LogP contribution is 2.24. The molecule has 2 aromatic rings. The molecule has 11 heavy (non-hydrogen) atoms. The maximum atomic E-state index is 3.95. The minimum absolute atomic E-state index is 1.28. The standard InChI is InChI=1S/C7H6N2S2/c1-2-7(10-5-1)11-9-4-3-8-6-9/h1-6H. The summed E-state index contributed by atoms with van der Waals surface area (Å²) in [4.78, 5) is 3.95. The topological polar surface area (TPSA) is 17.8 Å². The van der Waals surface area contributed by atoms with Gasteiger partial charge in [-0.15, -0.1) is 11.3 Å². The number of nitrogens with zero attached hydrogens (tertiary/aromatic N) is 2. The fraction of sp³-hybridized carbons (Fsp3) is 0. The SMILES string of the molecule is c1csc(Sn2ccnc2)c1. The van der Waals surface area contributed by atoms with Gasteiger partial charge in [0.1, 0.15) is 6.33 Å². The zero-order valence-corrected chi connectivity index (χ0v) is 7.31. The van der Waals surface area contributed by atoms with Gasteiger partial charge in [-0.25, -0.2) is 4.98 Å². The summed E-state index contributed by atoms with van der Waals surface area (Å²) in [5, 5.41) is 2.07. The van der Waals surface area contributed by atoms with E-state index in [4.69, 9.17) is 0 Å². The predicted octanol–water partition coefficient (Wildman–Crippen LogP) is 2.50. The summed E-state index contributed by atoms with van der Waals surface area (Å²) in [6, 6.07) is 4.14. The fourth-order valence-corrected chi connectivity index (χ4v) is 2.33. The zero-order valence-electron chi connectivity index (χ0n) is 5.68. The maximum absolute atomic E-state index is 3.95. The molecule has 2 heterocycles. The summed E-state index contributed by atoms with van der Waals surface area (Å²) < 4.78 is 3.26. The Balaban J connectivity index is 2.14. The van der Waals surface area contributed by atoms with Crippen molar-refractivity contribution in [1.29, 1.82) is 0 Å². The molecule has 2 nitrogen and oxygen atoms in total. The molecule has 56 valence electrons. The molecule has 2 rings (SSSR count). The molecule has 0 N–H and O–H groups in total. The van der Waals surface area contributed by atoms with E-state index in [9.17, 15) is 0 Å². The van der Waals surface area contributed by atoms with Crippen molar-refractivity contribution < 1.29 is 0 Å². The van der Waals surface area contributed by atoms with Crippen molar-refractivity contribution in [3.05, 3.63) is 36.2 Å². The van der Waals surface area contributed by atoms with E-state index in [1.165, 1.54) is 4.21 Å². The third kappa shape index (κ3) is 1.64. The Labute approximate surface area is 73.0 Å². The van der Waals surface area contributed by atoms with Gasteiger partial charge in [-0.3, -0.25) is 3.97 Å². The van der Waals surface area contributed by atoms with Gasteiger partial charge in [-0.1, -0.05) is 6.07 Å². The molecule has 0 aromatic carbocycles. The Morgan fingerprint density at radius 1 is 1.55 bits per heavy atom. The van der Waals surface area contributed by atoms with Gasteiger partial charge in [-0.05, 0) is 11.4 Å². The molecule has 0 saturated heterocycles. The largest absolute Gasteiger partial charge is 0.275 e. The van der Waals surface area contributed by atoms with Crippen molar-refractivity contribution in [2.24, 2.45) is 0 Å². The molecule has 0 aliphatic carbocycles. The van der Waals surface area contributed by atoms with Crippen LogP contribution < -0.4 is 0 Å². The van der Waals surface area contributed by atoms with E-state index in [2.05, 4.69) is 16.4 Å². The van der Waals surface area contributed by atoms with Crippen LogP contribution in [0.3, 0.4) is 0 Å². The van der Waals surface area contributed by atoms with E-state index in [-0.39, 0.29) is 0 Å². The first-order chi connectivity index (χ1) is 5.45. The van der Waals surface area contributed by atoms with Gasteiger partial charge < -0.3 is 0 Å². The first kappa shape index (κ1) is 6.94. The van der Waals surface area contributed by atoms with E-state index in [0.29, 0.717) is 0 Å². The fourth-order valence-electron chi connectivity index (χ4n) is 0.720. The lowest BCUT2D eigenvalue weighted by molar-refractivity contribution is 1.23. The first-order valence-electron chi connectivity index (χ1n) is 3.15. The molecule has 0 spiro atoms. The van der Waals surface area contributed by atoms with Crippen LogP contribution in [-0.2, 0) is 0 Å². The summed E-state index contributed by atoms with van der Waals surface area (Å²) in [5.74, 6) is 0. The Morgan fingerprint density at radius 3 is 3.18 bits per heavy atom. The molecule has 0 aliphatic heterocycles. The Kier molecular flexibility index (Phi) is 1.96. The van der Waals surface area contributed by atoms with Crippen molar-refractivity contribution in [3.8, 4) is 0 Å². The summed E-state index contributed by atoms with van der Waals surface area (Å²) in [6.45, 7) is 0. The quantitative estimate of drug-likeness (QED) is 0.710. The van der Waals surface area contributed by atoms with Crippen molar-refractivity contribution in [3.63, 3.8) is 0 Å². The van der Waals surface area contributed by atoms with Gasteiger partial charge in [0.15, 0.2) is 0 Å². The van der Waals surface area contributed by atoms with E-state index in [1.54, 1.807) is 35.8 Å². The molecule has 2 aromatic heterocycles. The molecule has 0 radical (unpaired) electrons. The number of hydrogen-bond acceptors (Lipinski definition) is 3. The minimum atomic E-state index is 1.28. The van der Waals surface area contributed by atoms with Gasteiger partial charge in [0.25, 0.3) is 0 Å². The van der Waals surface area contributed by atoms with Crippen LogP contribution in [0.25, 0.3) is 0 Å². The van der Waals surface area contributed by atoms with Gasteiger partial charge in [0.05, 0.1) is 4.21 Å². The van der Waals surface area contributed by atoms with Crippen LogP contribution in [0, 0.1) is 0 Å². The minimum Gasteiger partial charge on any atom is -0.275 e. The second-order valence-electron chi connectivity index (χ2n) is 1.95. The zero-order chi connectivity index (χ0) is 7.52. The molecule has 0 amide bonds. The molecule has 4 heteroatoms. The summed E-state index contributed by atoms with van der Waals surface area (Å²) >= 11 is 3.41. The predicted molar refractivity (Wildman–Crippen MR) is 47.8 cm³/mol. The highest BCUT2D eigenvalue weighted by molar-refractivity contribution is 7.99. The van der Waals surface area contributed by atoms with Crippen LogP contribution in [0.1, 0.15) is 0 Å².